The van der Waals surface area contributed by atoms with E-state index < -0.39 is 5.60 Å². The maximum atomic E-state index is 13.0. The summed E-state index contributed by atoms with van der Waals surface area (Å²) in [7, 11) is 1.65. The van der Waals surface area contributed by atoms with Crippen LogP contribution in [0.15, 0.2) is 24.3 Å². The molecule has 0 heterocycles. The van der Waals surface area contributed by atoms with Crippen molar-refractivity contribution in [1.82, 2.24) is 0 Å². The Kier molecular flexibility index (Phi) is 4.58. The van der Waals surface area contributed by atoms with E-state index in [2.05, 4.69) is 6.92 Å². The van der Waals surface area contributed by atoms with Gasteiger partial charge in [0.1, 0.15) is 11.4 Å². The molecule has 19 heavy (non-hydrogen) atoms. The summed E-state index contributed by atoms with van der Waals surface area (Å²) in [4.78, 5) is 0. The van der Waals surface area contributed by atoms with Crippen LogP contribution in [0.1, 0.15) is 44.6 Å². The van der Waals surface area contributed by atoms with E-state index in [-0.39, 0.29) is 11.9 Å². The SMILES string of the molecule is CCCC1CC[C@](O)(c2ccc(F)cc2)[C@@H](OC)C1. The number of ether oxygens (including phenoxy) is 1. The van der Waals surface area contributed by atoms with E-state index in [4.69, 9.17) is 4.74 Å². The van der Waals surface area contributed by atoms with Gasteiger partial charge in [-0.2, -0.15) is 0 Å². The minimum Gasteiger partial charge on any atom is -0.382 e. The van der Waals surface area contributed by atoms with E-state index in [1.807, 2.05) is 0 Å². The second kappa shape index (κ2) is 6.02. The van der Waals surface area contributed by atoms with Gasteiger partial charge >= 0.3 is 0 Å². The molecule has 1 unspecified atom stereocenters. The fourth-order valence-corrected chi connectivity index (χ4v) is 3.23. The van der Waals surface area contributed by atoms with Crippen molar-refractivity contribution >= 4 is 0 Å². The Morgan fingerprint density at radius 3 is 2.63 bits per heavy atom. The highest BCUT2D eigenvalue weighted by Gasteiger charge is 2.43. The van der Waals surface area contributed by atoms with Gasteiger partial charge in [0.05, 0.1) is 6.10 Å². The lowest BCUT2D eigenvalue weighted by Crippen LogP contribution is -2.45. The van der Waals surface area contributed by atoms with Crippen molar-refractivity contribution in [3.63, 3.8) is 0 Å². The van der Waals surface area contributed by atoms with Gasteiger partial charge < -0.3 is 9.84 Å². The molecule has 1 aromatic rings. The van der Waals surface area contributed by atoms with E-state index >= 15 is 0 Å². The van der Waals surface area contributed by atoms with Crippen LogP contribution in [0.2, 0.25) is 0 Å². The average Bonchev–Trinajstić information content (AvgIpc) is 2.42. The van der Waals surface area contributed by atoms with E-state index in [1.165, 1.54) is 18.6 Å². The third-order valence-electron chi connectivity index (χ3n) is 4.34. The molecule has 0 amide bonds. The van der Waals surface area contributed by atoms with Crippen molar-refractivity contribution in [2.24, 2.45) is 5.92 Å². The standard InChI is InChI=1S/C16H23FO2/c1-3-4-12-9-10-16(18,15(11-12)19-2)13-5-7-14(17)8-6-13/h5-8,12,15,18H,3-4,9-11H2,1-2H3/t12?,15-,16-/m0/s1. The van der Waals surface area contributed by atoms with Crippen LogP contribution >= 0.6 is 0 Å². The predicted octanol–water partition coefficient (Wildman–Crippen LogP) is 3.63. The zero-order valence-electron chi connectivity index (χ0n) is 11.7. The molecule has 1 aromatic carbocycles. The summed E-state index contributed by atoms with van der Waals surface area (Å²) in [6.45, 7) is 2.18. The molecule has 0 aliphatic heterocycles. The lowest BCUT2D eigenvalue weighted by Gasteiger charge is -2.42. The predicted molar refractivity (Wildman–Crippen MR) is 73.3 cm³/mol. The molecule has 0 radical (unpaired) electrons. The molecule has 0 saturated heterocycles. The monoisotopic (exact) mass is 266 g/mol. The van der Waals surface area contributed by atoms with Crippen LogP contribution < -0.4 is 0 Å². The van der Waals surface area contributed by atoms with Gasteiger partial charge in [-0.15, -0.1) is 0 Å². The molecule has 106 valence electrons. The first-order valence-corrected chi connectivity index (χ1v) is 7.11. The molecule has 1 aliphatic rings. The Morgan fingerprint density at radius 2 is 2.05 bits per heavy atom. The Bertz CT molecular complexity index is 404. The van der Waals surface area contributed by atoms with Gasteiger partial charge in [-0.05, 0) is 42.9 Å². The fourth-order valence-electron chi connectivity index (χ4n) is 3.23. The van der Waals surface area contributed by atoms with E-state index in [0.717, 1.165) is 24.8 Å². The van der Waals surface area contributed by atoms with Gasteiger partial charge in [0, 0.05) is 7.11 Å². The number of aliphatic hydroxyl groups is 1. The summed E-state index contributed by atoms with van der Waals surface area (Å²) in [5.74, 6) is 0.344. The second-order valence-corrected chi connectivity index (χ2v) is 5.58. The lowest BCUT2D eigenvalue weighted by atomic mass is 9.72. The Balaban J connectivity index is 2.19. The normalized spacial score (nSPS) is 31.4. The van der Waals surface area contributed by atoms with Crippen LogP contribution in [-0.2, 0) is 10.3 Å². The molecule has 1 saturated carbocycles. The molecule has 0 spiro atoms. The third-order valence-corrected chi connectivity index (χ3v) is 4.34. The largest absolute Gasteiger partial charge is 0.382 e. The first-order chi connectivity index (χ1) is 9.10. The number of halogens is 1. The van der Waals surface area contributed by atoms with Gasteiger partial charge in [0.25, 0.3) is 0 Å². The maximum Gasteiger partial charge on any atom is 0.123 e. The zero-order chi connectivity index (χ0) is 13.9. The van der Waals surface area contributed by atoms with E-state index in [0.29, 0.717) is 12.3 Å². The molecule has 1 aliphatic carbocycles. The molecule has 1 fully saturated rings. The summed E-state index contributed by atoms with van der Waals surface area (Å²) in [5, 5.41) is 10.9. The van der Waals surface area contributed by atoms with Crippen LogP contribution in [0.3, 0.4) is 0 Å². The van der Waals surface area contributed by atoms with Gasteiger partial charge in [0.15, 0.2) is 0 Å². The van der Waals surface area contributed by atoms with Crippen LogP contribution in [0.4, 0.5) is 4.39 Å². The molecule has 0 aromatic heterocycles. The number of hydrogen-bond acceptors (Lipinski definition) is 2. The molecule has 0 bridgehead atoms. The molecule has 1 N–H and O–H groups in total. The summed E-state index contributed by atoms with van der Waals surface area (Å²) in [5.41, 5.74) is -0.220. The van der Waals surface area contributed by atoms with Crippen LogP contribution in [0.5, 0.6) is 0 Å². The van der Waals surface area contributed by atoms with Crippen molar-refractivity contribution in [2.45, 2.75) is 50.7 Å². The topological polar surface area (TPSA) is 29.5 Å². The molecular weight excluding hydrogens is 243 g/mol. The van der Waals surface area contributed by atoms with Crippen molar-refractivity contribution in [3.05, 3.63) is 35.6 Å². The van der Waals surface area contributed by atoms with Crippen molar-refractivity contribution in [3.8, 4) is 0 Å². The zero-order valence-corrected chi connectivity index (χ0v) is 11.7. The number of methoxy groups -OCH3 is 1. The summed E-state index contributed by atoms with van der Waals surface area (Å²) in [6.07, 6.45) is 4.69. The third kappa shape index (κ3) is 2.98. The fraction of sp³-hybridized carbons (Fsp3) is 0.625. The average molecular weight is 266 g/mol. The summed E-state index contributed by atoms with van der Waals surface area (Å²) in [6, 6.07) is 6.14. The van der Waals surface area contributed by atoms with Gasteiger partial charge in [0.2, 0.25) is 0 Å². The molecule has 3 heteroatoms. The first-order valence-electron chi connectivity index (χ1n) is 7.11. The van der Waals surface area contributed by atoms with Gasteiger partial charge in [-0.25, -0.2) is 4.39 Å². The molecular formula is C16H23FO2. The van der Waals surface area contributed by atoms with E-state index in [1.54, 1.807) is 19.2 Å². The smallest absolute Gasteiger partial charge is 0.123 e. The van der Waals surface area contributed by atoms with Crippen molar-refractivity contribution in [2.75, 3.05) is 7.11 Å². The van der Waals surface area contributed by atoms with E-state index in [9.17, 15) is 9.50 Å². The molecule has 2 nitrogen and oxygen atoms in total. The Morgan fingerprint density at radius 1 is 1.37 bits per heavy atom. The van der Waals surface area contributed by atoms with Crippen LogP contribution in [0, 0.1) is 11.7 Å². The Hall–Kier alpha value is -0.930. The number of rotatable bonds is 4. The highest BCUT2D eigenvalue weighted by atomic mass is 19.1. The first kappa shape index (κ1) is 14.5. The van der Waals surface area contributed by atoms with Crippen molar-refractivity contribution in [1.29, 1.82) is 0 Å². The van der Waals surface area contributed by atoms with Crippen LogP contribution in [-0.4, -0.2) is 18.3 Å². The number of benzene rings is 1. The Labute approximate surface area is 114 Å². The van der Waals surface area contributed by atoms with Gasteiger partial charge in [-0.1, -0.05) is 31.9 Å². The highest BCUT2D eigenvalue weighted by molar-refractivity contribution is 5.25. The minimum atomic E-state index is -0.979. The summed E-state index contributed by atoms with van der Waals surface area (Å²) < 4.78 is 18.5. The van der Waals surface area contributed by atoms with Gasteiger partial charge in [-0.3, -0.25) is 0 Å². The quantitative estimate of drug-likeness (QED) is 0.901. The lowest BCUT2D eigenvalue weighted by molar-refractivity contribution is -0.134. The minimum absolute atomic E-state index is 0.205. The molecule has 2 rings (SSSR count). The number of hydrogen-bond donors (Lipinski definition) is 1. The van der Waals surface area contributed by atoms with Crippen molar-refractivity contribution < 1.29 is 14.2 Å². The van der Waals surface area contributed by atoms with Crippen LogP contribution in [0.25, 0.3) is 0 Å². The molecule has 3 atom stereocenters. The second-order valence-electron chi connectivity index (χ2n) is 5.58. The maximum absolute atomic E-state index is 13.0. The summed E-state index contributed by atoms with van der Waals surface area (Å²) >= 11 is 0. The highest BCUT2D eigenvalue weighted by Crippen LogP contribution is 2.42.